The van der Waals surface area contributed by atoms with E-state index in [1.165, 1.54) is 12.3 Å². The van der Waals surface area contributed by atoms with E-state index in [1.54, 1.807) is 0 Å². The van der Waals surface area contributed by atoms with Gasteiger partial charge in [0.2, 0.25) is 0 Å². The third-order valence-electron chi connectivity index (χ3n) is 2.25. The molecule has 1 rings (SSSR count). The summed E-state index contributed by atoms with van der Waals surface area (Å²) >= 11 is 0. The fraction of sp³-hybridized carbons (Fsp3) is 0.600. The summed E-state index contributed by atoms with van der Waals surface area (Å²) in [4.78, 5) is 11.6. The predicted octanol–water partition coefficient (Wildman–Crippen LogP) is -1.08. The molecule has 0 saturated carbocycles. The smallest absolute Gasteiger partial charge is 0.268 e. The molecule has 0 aromatic carbocycles. The monoisotopic (exact) mass is 274 g/mol. The Kier molecular flexibility index (Phi) is 5.29. The highest BCUT2D eigenvalue weighted by molar-refractivity contribution is 7.90. The van der Waals surface area contributed by atoms with Crippen LogP contribution in [0.5, 0.6) is 0 Å². The van der Waals surface area contributed by atoms with E-state index in [0.29, 0.717) is 12.2 Å². The lowest BCUT2D eigenvalue weighted by atomic mass is 10.4. The van der Waals surface area contributed by atoms with Crippen molar-refractivity contribution in [3.05, 3.63) is 22.6 Å². The number of sulfone groups is 1. The molecule has 0 radical (unpaired) electrons. The number of hydrogen-bond donors (Lipinski definition) is 2. The number of aromatic nitrogens is 2. The third kappa shape index (κ3) is 5.28. The Morgan fingerprint density at radius 3 is 2.67 bits per heavy atom. The number of nitrogens with one attached hydrogen (secondary N) is 2. The maximum Gasteiger partial charge on any atom is 0.268 e. The molecule has 0 aliphatic carbocycles. The first-order chi connectivity index (χ1) is 8.42. The van der Waals surface area contributed by atoms with Gasteiger partial charge in [-0.3, -0.25) is 4.79 Å². The van der Waals surface area contributed by atoms with E-state index in [-0.39, 0.29) is 17.9 Å². The molecule has 1 aromatic rings. The zero-order chi connectivity index (χ0) is 13.6. The lowest BCUT2D eigenvalue weighted by molar-refractivity contribution is 0.575. The number of nitrogens with zero attached hydrogens (tertiary/aromatic N) is 2. The van der Waals surface area contributed by atoms with Crippen LogP contribution in [-0.2, 0) is 16.4 Å². The van der Waals surface area contributed by atoms with Crippen LogP contribution < -0.4 is 16.2 Å². The number of likely N-dealkylation sites (N-methyl/N-ethyl adjacent to an activating group) is 1. The van der Waals surface area contributed by atoms with Crippen molar-refractivity contribution in [2.24, 2.45) is 0 Å². The molecule has 0 fully saturated rings. The molecule has 0 unspecified atom stereocenters. The highest BCUT2D eigenvalue weighted by Crippen LogP contribution is 1.98. The van der Waals surface area contributed by atoms with Gasteiger partial charge in [-0.15, -0.1) is 0 Å². The molecule has 0 aliphatic heterocycles. The molecule has 0 bridgehead atoms. The van der Waals surface area contributed by atoms with Gasteiger partial charge in [0.1, 0.15) is 9.84 Å². The highest BCUT2D eigenvalue weighted by Gasteiger charge is 2.05. The van der Waals surface area contributed by atoms with E-state index >= 15 is 0 Å². The summed E-state index contributed by atoms with van der Waals surface area (Å²) in [5, 5.41) is 9.91. The molecule has 2 N–H and O–H groups in total. The normalized spacial score (nSPS) is 11.4. The van der Waals surface area contributed by atoms with Gasteiger partial charge < -0.3 is 10.6 Å². The molecule has 8 heteroatoms. The molecule has 18 heavy (non-hydrogen) atoms. The Hall–Kier alpha value is -1.41. The van der Waals surface area contributed by atoms with Gasteiger partial charge in [-0.25, -0.2) is 13.1 Å². The molecule has 0 saturated heterocycles. The van der Waals surface area contributed by atoms with Crippen molar-refractivity contribution in [1.82, 2.24) is 15.1 Å². The van der Waals surface area contributed by atoms with E-state index in [9.17, 15) is 13.2 Å². The Morgan fingerprint density at radius 1 is 1.39 bits per heavy atom. The average molecular weight is 274 g/mol. The maximum absolute atomic E-state index is 11.6. The van der Waals surface area contributed by atoms with Crippen molar-refractivity contribution in [1.29, 1.82) is 0 Å². The minimum Gasteiger partial charge on any atom is -0.382 e. The van der Waals surface area contributed by atoms with Crippen molar-refractivity contribution >= 4 is 15.5 Å². The highest BCUT2D eigenvalue weighted by atomic mass is 32.2. The van der Waals surface area contributed by atoms with Gasteiger partial charge in [-0.05, 0) is 7.05 Å². The van der Waals surface area contributed by atoms with Gasteiger partial charge in [0, 0.05) is 25.4 Å². The van der Waals surface area contributed by atoms with Gasteiger partial charge in [-0.1, -0.05) is 0 Å². The van der Waals surface area contributed by atoms with Crippen LogP contribution in [0.3, 0.4) is 0 Å². The molecule has 102 valence electrons. The fourth-order valence-electron chi connectivity index (χ4n) is 1.28. The molecule has 0 spiro atoms. The fourth-order valence-corrected chi connectivity index (χ4v) is 1.79. The number of hydrogen-bond acceptors (Lipinski definition) is 6. The summed E-state index contributed by atoms with van der Waals surface area (Å²) in [5.74, 6) is -0.0908. The minimum absolute atomic E-state index is 0.0778. The van der Waals surface area contributed by atoms with Crippen LogP contribution in [-0.4, -0.2) is 50.3 Å². The van der Waals surface area contributed by atoms with Crippen molar-refractivity contribution in [2.75, 3.05) is 37.5 Å². The van der Waals surface area contributed by atoms with Gasteiger partial charge in [0.15, 0.2) is 0 Å². The van der Waals surface area contributed by atoms with Crippen molar-refractivity contribution in [3.8, 4) is 0 Å². The standard InChI is InChI=1S/C10H18N4O3S/c1-11-3-4-12-9-7-10(15)14(13-8-9)5-6-18(2,16)17/h7-8,11-12H,3-6H2,1-2H3. The van der Waals surface area contributed by atoms with E-state index < -0.39 is 9.84 Å². The average Bonchev–Trinajstić information content (AvgIpc) is 2.27. The van der Waals surface area contributed by atoms with Gasteiger partial charge in [0.25, 0.3) is 5.56 Å². The van der Waals surface area contributed by atoms with E-state index in [1.807, 2.05) is 7.05 Å². The summed E-state index contributed by atoms with van der Waals surface area (Å²) in [5.41, 5.74) is 0.318. The molecular formula is C10H18N4O3S. The second-order valence-corrected chi connectivity index (χ2v) is 6.23. The predicted molar refractivity (Wildman–Crippen MR) is 70.6 cm³/mol. The summed E-state index contributed by atoms with van der Waals surface area (Å²) in [6, 6.07) is 1.41. The SMILES string of the molecule is CNCCNc1cnn(CCS(C)(=O)=O)c(=O)c1. The van der Waals surface area contributed by atoms with Gasteiger partial charge in [-0.2, -0.15) is 5.10 Å². The van der Waals surface area contributed by atoms with Crippen LogP contribution in [0, 0.1) is 0 Å². The van der Waals surface area contributed by atoms with Crippen LogP contribution >= 0.6 is 0 Å². The Labute approximate surface area is 106 Å². The zero-order valence-corrected chi connectivity index (χ0v) is 11.3. The summed E-state index contributed by atoms with van der Waals surface area (Å²) in [7, 11) is -1.25. The van der Waals surface area contributed by atoms with Gasteiger partial charge >= 0.3 is 0 Å². The molecule has 0 aliphatic rings. The minimum atomic E-state index is -3.09. The third-order valence-corrected chi connectivity index (χ3v) is 3.17. The van der Waals surface area contributed by atoms with Gasteiger partial charge in [0.05, 0.1) is 24.2 Å². The van der Waals surface area contributed by atoms with Crippen molar-refractivity contribution in [2.45, 2.75) is 6.54 Å². The molecule has 1 aromatic heterocycles. The number of aryl methyl sites for hydroxylation is 1. The first kappa shape index (κ1) is 14.7. The van der Waals surface area contributed by atoms with Crippen LogP contribution in [0.25, 0.3) is 0 Å². The van der Waals surface area contributed by atoms with Crippen LogP contribution in [0.2, 0.25) is 0 Å². The van der Waals surface area contributed by atoms with Crippen LogP contribution in [0.1, 0.15) is 0 Å². The number of anilines is 1. The van der Waals surface area contributed by atoms with Crippen LogP contribution in [0.15, 0.2) is 17.1 Å². The first-order valence-electron chi connectivity index (χ1n) is 5.56. The molecular weight excluding hydrogens is 256 g/mol. The molecule has 7 nitrogen and oxygen atoms in total. The lowest BCUT2D eigenvalue weighted by Crippen LogP contribution is -2.26. The molecule has 0 atom stereocenters. The Morgan fingerprint density at radius 2 is 2.11 bits per heavy atom. The largest absolute Gasteiger partial charge is 0.382 e. The second kappa shape index (κ2) is 6.50. The maximum atomic E-state index is 11.6. The zero-order valence-electron chi connectivity index (χ0n) is 10.5. The van der Waals surface area contributed by atoms with Crippen molar-refractivity contribution in [3.63, 3.8) is 0 Å². The quantitative estimate of drug-likeness (QED) is 0.614. The molecule has 0 amide bonds. The van der Waals surface area contributed by atoms with Crippen molar-refractivity contribution < 1.29 is 8.42 Å². The van der Waals surface area contributed by atoms with E-state index in [2.05, 4.69) is 15.7 Å². The van der Waals surface area contributed by atoms with Crippen LogP contribution in [0.4, 0.5) is 5.69 Å². The second-order valence-electron chi connectivity index (χ2n) is 3.97. The lowest BCUT2D eigenvalue weighted by Gasteiger charge is -2.07. The summed E-state index contributed by atoms with van der Waals surface area (Å²) in [6.07, 6.45) is 2.64. The molecule has 1 heterocycles. The topological polar surface area (TPSA) is 93.1 Å². The number of rotatable bonds is 7. The summed E-state index contributed by atoms with van der Waals surface area (Å²) < 4.78 is 23.1. The Balaban J connectivity index is 2.65. The summed E-state index contributed by atoms with van der Waals surface area (Å²) in [6.45, 7) is 1.54. The van der Waals surface area contributed by atoms with E-state index in [0.717, 1.165) is 17.5 Å². The Bertz CT molecular complexity index is 538. The van der Waals surface area contributed by atoms with E-state index in [4.69, 9.17) is 0 Å². The first-order valence-corrected chi connectivity index (χ1v) is 7.62.